The van der Waals surface area contributed by atoms with Gasteiger partial charge in [0.05, 0.1) is 78.5 Å². The predicted octanol–water partition coefficient (Wildman–Crippen LogP) is 6.02. The van der Waals surface area contributed by atoms with Gasteiger partial charge in [0, 0.05) is 0 Å². The zero-order valence-electron chi connectivity index (χ0n) is 39.9. The van der Waals surface area contributed by atoms with Crippen molar-refractivity contribution >= 4 is 0 Å². The highest BCUT2D eigenvalue weighted by molar-refractivity contribution is 4.52. The molecule has 0 N–H and O–H groups in total. The molecule has 0 aliphatic heterocycles. The van der Waals surface area contributed by atoms with Crippen LogP contribution < -0.4 is 37.2 Å². The smallest absolute Gasteiger partial charge is 0.0786 e. The van der Waals surface area contributed by atoms with E-state index in [0.29, 0.717) is 0 Å². The minimum Gasteiger partial charge on any atom is -1.00 e. The van der Waals surface area contributed by atoms with E-state index in [2.05, 4.69) is 83.1 Å². The van der Waals surface area contributed by atoms with Gasteiger partial charge in [-0.3, -0.25) is 0 Å². The molecule has 3 nitrogen and oxygen atoms in total. The lowest BCUT2D eigenvalue weighted by molar-refractivity contribution is -0.929. The fourth-order valence-electron chi connectivity index (χ4n) is 7.93. The van der Waals surface area contributed by atoms with Crippen LogP contribution in [-0.4, -0.2) is 92.0 Å². The van der Waals surface area contributed by atoms with Gasteiger partial charge in [-0.1, -0.05) is 160 Å². The summed E-state index contributed by atoms with van der Waals surface area (Å²) in [7, 11) is 0. The quantitative estimate of drug-likeness (QED) is 0.0679. The van der Waals surface area contributed by atoms with Crippen LogP contribution in [0.4, 0.5) is 0 Å². The van der Waals surface area contributed by atoms with Crippen molar-refractivity contribution in [2.24, 2.45) is 0 Å². The number of unbranched alkanes of at least 4 members (excludes halogenated alkanes) is 12. The normalized spacial score (nSPS) is 11.3. The van der Waals surface area contributed by atoms with Gasteiger partial charge < -0.3 is 50.7 Å². The number of hydrogen-bond acceptors (Lipinski definition) is 0. The van der Waals surface area contributed by atoms with Crippen LogP contribution in [-0.2, 0) is 0 Å². The molecular weight excluding hydrogens is 725 g/mol. The summed E-state index contributed by atoms with van der Waals surface area (Å²) >= 11 is 0. The van der Waals surface area contributed by atoms with Crippen LogP contribution in [0.3, 0.4) is 0 Å². The summed E-state index contributed by atoms with van der Waals surface area (Å²) < 4.78 is 4.26. The maximum atomic E-state index is 2.33. The van der Waals surface area contributed by atoms with E-state index >= 15 is 0 Å². The molecule has 0 heterocycles. The number of hydrogen-bond donors (Lipinski definition) is 0. The molecular formula is C48H108Cl3N3. The van der Waals surface area contributed by atoms with Gasteiger partial charge in [0.2, 0.25) is 0 Å². The third-order valence-corrected chi connectivity index (χ3v) is 11.8. The fourth-order valence-corrected chi connectivity index (χ4v) is 7.93. The Hall–Kier alpha value is 0.750. The van der Waals surface area contributed by atoms with Crippen molar-refractivity contribution in [3.8, 4) is 0 Å². The van der Waals surface area contributed by atoms with Crippen molar-refractivity contribution in [2.45, 2.75) is 237 Å². The van der Waals surface area contributed by atoms with Gasteiger partial charge in [0.15, 0.2) is 0 Å². The van der Waals surface area contributed by atoms with Crippen LogP contribution in [0.1, 0.15) is 237 Å². The van der Waals surface area contributed by atoms with Crippen LogP contribution in [0.25, 0.3) is 0 Å². The summed E-state index contributed by atoms with van der Waals surface area (Å²) in [6.07, 6.45) is 33.2. The Morgan fingerprint density at radius 3 is 0.296 bits per heavy atom. The molecule has 0 amide bonds. The largest absolute Gasteiger partial charge is 1.00 e. The van der Waals surface area contributed by atoms with Gasteiger partial charge in [0.25, 0.3) is 0 Å². The number of halogens is 3. The van der Waals surface area contributed by atoms with E-state index in [0.717, 1.165) is 0 Å². The third-order valence-electron chi connectivity index (χ3n) is 11.8. The molecule has 0 spiro atoms. The molecule has 0 aliphatic rings. The highest BCUT2D eigenvalue weighted by atomic mass is 35.5. The van der Waals surface area contributed by atoms with Crippen LogP contribution in [0.5, 0.6) is 0 Å². The molecule has 54 heavy (non-hydrogen) atoms. The van der Waals surface area contributed by atoms with E-state index in [4.69, 9.17) is 0 Å². The number of rotatable bonds is 36. The number of quaternary nitrogens is 3. The Morgan fingerprint density at radius 2 is 0.241 bits per heavy atom. The second-order valence-electron chi connectivity index (χ2n) is 17.0. The molecule has 0 saturated carbocycles. The Balaban J connectivity index is -0.000000156. The molecule has 0 fully saturated rings. The van der Waals surface area contributed by atoms with Crippen molar-refractivity contribution in [3.05, 3.63) is 0 Å². The highest BCUT2D eigenvalue weighted by Crippen LogP contribution is 2.19. The highest BCUT2D eigenvalue weighted by Gasteiger charge is 2.26. The van der Waals surface area contributed by atoms with E-state index in [1.807, 2.05) is 0 Å². The molecule has 0 aromatic heterocycles. The van der Waals surface area contributed by atoms with Crippen molar-refractivity contribution in [3.63, 3.8) is 0 Å². The Morgan fingerprint density at radius 1 is 0.167 bits per heavy atom. The molecule has 0 aromatic carbocycles. The van der Waals surface area contributed by atoms with Gasteiger partial charge in [-0.2, -0.15) is 0 Å². The Bertz CT molecular complexity index is 451. The summed E-state index contributed by atoms with van der Waals surface area (Å²) in [6.45, 7) is 45.1. The lowest BCUT2D eigenvalue weighted by Gasteiger charge is -2.39. The molecule has 0 atom stereocenters. The maximum absolute atomic E-state index is 2.33. The van der Waals surface area contributed by atoms with Crippen molar-refractivity contribution in [1.29, 1.82) is 0 Å². The van der Waals surface area contributed by atoms with Gasteiger partial charge in [-0.05, 0) is 77.0 Å². The maximum Gasteiger partial charge on any atom is 0.0786 e. The van der Waals surface area contributed by atoms with Gasteiger partial charge in [-0.15, -0.1) is 0 Å². The number of nitrogens with zero attached hydrogens (tertiary/aromatic N) is 3. The summed E-state index contributed by atoms with van der Waals surface area (Å²) in [4.78, 5) is 0. The summed E-state index contributed by atoms with van der Waals surface area (Å²) in [6, 6.07) is 0. The zero-order chi connectivity index (χ0) is 39.0. The van der Waals surface area contributed by atoms with Crippen molar-refractivity contribution in [1.82, 2.24) is 0 Å². The van der Waals surface area contributed by atoms with Gasteiger partial charge >= 0.3 is 0 Å². The summed E-state index contributed by atoms with van der Waals surface area (Å²) in [5, 5.41) is 0. The van der Waals surface area contributed by atoms with Crippen molar-refractivity contribution in [2.75, 3.05) is 78.5 Å². The lowest BCUT2D eigenvalue weighted by atomic mass is 10.1. The average molecular weight is 834 g/mol. The summed E-state index contributed by atoms with van der Waals surface area (Å²) in [5.41, 5.74) is 0. The first-order valence-corrected chi connectivity index (χ1v) is 24.3. The van der Waals surface area contributed by atoms with E-state index in [1.54, 1.807) is 0 Å². The minimum absolute atomic E-state index is 0. The van der Waals surface area contributed by atoms with E-state index in [1.165, 1.54) is 246 Å². The van der Waals surface area contributed by atoms with E-state index in [-0.39, 0.29) is 37.2 Å². The standard InChI is InChI=1S/3C16H36N.3ClH/c3*1-5-9-13-17(14-10-6-2,15-11-7-3)16-12-8-4;;;/h3*5-16H2,1-4H3;3*1H/q3*+1;;;/p-3. The fraction of sp³-hybridized carbons (Fsp3) is 1.00. The second kappa shape index (κ2) is 49.9. The monoisotopic (exact) mass is 832 g/mol. The van der Waals surface area contributed by atoms with Gasteiger partial charge in [0.1, 0.15) is 0 Å². The average Bonchev–Trinajstić information content (AvgIpc) is 3.16. The first kappa shape index (κ1) is 66.6. The van der Waals surface area contributed by atoms with Crippen LogP contribution >= 0.6 is 0 Å². The first-order chi connectivity index (χ1) is 24.7. The molecule has 0 aliphatic carbocycles. The topological polar surface area (TPSA) is 0 Å². The molecule has 0 aromatic rings. The molecule has 0 saturated heterocycles. The van der Waals surface area contributed by atoms with Crippen LogP contribution in [0.15, 0.2) is 0 Å². The predicted molar refractivity (Wildman–Crippen MR) is 238 cm³/mol. The van der Waals surface area contributed by atoms with E-state index < -0.39 is 0 Å². The SMILES string of the molecule is CCCC[N+](CCCC)(CCCC)CCCC.CCCC[N+](CCCC)(CCCC)CCCC.CCCC[N+](CCCC)(CCCC)CCCC.[Cl-].[Cl-].[Cl-]. The zero-order valence-corrected chi connectivity index (χ0v) is 42.2. The second-order valence-corrected chi connectivity index (χ2v) is 17.0. The molecule has 336 valence electrons. The van der Waals surface area contributed by atoms with Crippen LogP contribution in [0.2, 0.25) is 0 Å². The molecule has 0 rings (SSSR count). The van der Waals surface area contributed by atoms with Crippen LogP contribution in [0, 0.1) is 0 Å². The summed E-state index contributed by atoms with van der Waals surface area (Å²) in [5.74, 6) is 0. The van der Waals surface area contributed by atoms with Gasteiger partial charge in [-0.25, -0.2) is 0 Å². The van der Waals surface area contributed by atoms with Crippen molar-refractivity contribution < 1.29 is 50.7 Å². The Labute approximate surface area is 364 Å². The van der Waals surface area contributed by atoms with E-state index in [9.17, 15) is 0 Å². The molecule has 0 bridgehead atoms. The minimum atomic E-state index is 0. The Kier molecular flexibility index (Phi) is 61.5. The molecule has 0 unspecified atom stereocenters. The lowest BCUT2D eigenvalue weighted by Crippen LogP contribution is -3.00. The first-order valence-electron chi connectivity index (χ1n) is 24.3. The molecule has 6 heteroatoms. The third kappa shape index (κ3) is 38.3. The molecule has 0 radical (unpaired) electrons.